The number of aliphatic carboxylic acids is 1. The van der Waals surface area contributed by atoms with Gasteiger partial charge in [-0.05, 0) is 61.8 Å². The molecule has 2 aromatic carbocycles. The van der Waals surface area contributed by atoms with Crippen LogP contribution in [0, 0.1) is 17.6 Å². The molecule has 1 aromatic heterocycles. The number of nitrogens with one attached hydrogen (secondary N) is 1. The summed E-state index contributed by atoms with van der Waals surface area (Å²) in [5.74, 6) is -4.88. The molecule has 6 nitrogen and oxygen atoms in total. The number of benzene rings is 2. The van der Waals surface area contributed by atoms with Gasteiger partial charge in [0.05, 0.1) is 22.5 Å². The summed E-state index contributed by atoms with van der Waals surface area (Å²) >= 11 is 1.38. The lowest BCUT2D eigenvalue weighted by atomic mass is 9.87. The van der Waals surface area contributed by atoms with Crippen LogP contribution in [-0.4, -0.2) is 35.4 Å². The van der Waals surface area contributed by atoms with E-state index >= 15 is 0 Å². The van der Waals surface area contributed by atoms with Crippen molar-refractivity contribution in [2.45, 2.75) is 44.6 Å². The normalized spacial score (nSPS) is 17.8. The largest absolute Gasteiger partial charge is 0.487 e. The first kappa shape index (κ1) is 24.8. The van der Waals surface area contributed by atoms with Crippen LogP contribution in [0.25, 0.3) is 10.1 Å². The van der Waals surface area contributed by atoms with Gasteiger partial charge in [-0.1, -0.05) is 18.2 Å². The van der Waals surface area contributed by atoms with Crippen LogP contribution in [-0.2, 0) is 4.79 Å². The minimum atomic E-state index is -1.26. The summed E-state index contributed by atoms with van der Waals surface area (Å²) in [6.07, 6.45) is 1.54. The van der Waals surface area contributed by atoms with E-state index in [9.17, 15) is 23.2 Å². The van der Waals surface area contributed by atoms with Gasteiger partial charge in [0, 0.05) is 17.7 Å². The average molecular weight is 502 g/mol. The summed E-state index contributed by atoms with van der Waals surface area (Å²) in [5, 5.41) is 12.8. The van der Waals surface area contributed by atoms with E-state index in [4.69, 9.17) is 9.84 Å². The lowest BCUT2D eigenvalue weighted by Gasteiger charge is -2.27. The molecule has 0 radical (unpaired) electrons. The topological polar surface area (TPSA) is 92.7 Å². The number of hydrogen-bond donors (Lipinski definition) is 2. The molecular weight excluding hydrogens is 476 g/mol. The van der Waals surface area contributed by atoms with Crippen LogP contribution in [0.5, 0.6) is 5.75 Å². The molecule has 0 aliphatic heterocycles. The van der Waals surface area contributed by atoms with Crippen LogP contribution >= 0.6 is 11.3 Å². The third kappa shape index (κ3) is 5.85. The summed E-state index contributed by atoms with van der Waals surface area (Å²) in [5.41, 5.74) is -0.361. The van der Waals surface area contributed by atoms with E-state index in [2.05, 4.69) is 5.32 Å². The molecule has 0 unspecified atom stereocenters. The van der Waals surface area contributed by atoms with E-state index in [1.807, 2.05) is 24.3 Å². The van der Waals surface area contributed by atoms with Crippen molar-refractivity contribution in [3.8, 4) is 5.75 Å². The van der Waals surface area contributed by atoms with Crippen LogP contribution in [0.4, 0.5) is 8.78 Å². The molecule has 1 aliphatic rings. The summed E-state index contributed by atoms with van der Waals surface area (Å²) in [7, 11) is 0. The summed E-state index contributed by atoms with van der Waals surface area (Å²) in [6.45, 7) is 0.225. The number of ether oxygens (including phenoxy) is 1. The second kappa shape index (κ2) is 10.9. The van der Waals surface area contributed by atoms with E-state index in [0.29, 0.717) is 30.6 Å². The zero-order chi connectivity index (χ0) is 24.9. The number of carboxylic acids is 1. The molecule has 0 saturated heterocycles. The third-order valence-electron chi connectivity index (χ3n) is 6.18. The number of amides is 1. The van der Waals surface area contributed by atoms with Crippen LogP contribution < -0.4 is 10.1 Å². The van der Waals surface area contributed by atoms with Gasteiger partial charge in [-0.25, -0.2) is 4.39 Å². The number of thiophene rings is 1. The number of carbonyl (C=O) groups is 3. The van der Waals surface area contributed by atoms with Gasteiger partial charge in [-0.2, -0.15) is 4.39 Å². The molecule has 3 aromatic rings. The van der Waals surface area contributed by atoms with Crippen molar-refractivity contribution in [1.29, 1.82) is 0 Å². The molecule has 184 valence electrons. The van der Waals surface area contributed by atoms with Gasteiger partial charge in [0.2, 0.25) is 5.82 Å². The monoisotopic (exact) mass is 501 g/mol. The second-order valence-corrected chi connectivity index (χ2v) is 9.68. The van der Waals surface area contributed by atoms with Gasteiger partial charge in [-0.15, -0.1) is 11.3 Å². The summed E-state index contributed by atoms with van der Waals surface area (Å²) < 4.78 is 35.7. The smallest absolute Gasteiger partial charge is 0.306 e. The Balaban J connectivity index is 1.27. The van der Waals surface area contributed by atoms with Gasteiger partial charge < -0.3 is 15.2 Å². The molecule has 1 aliphatic carbocycles. The standard InChI is InChI=1S/C26H25F2NO5S/c27-23-18(11-12-20(24(23)28)34-17-9-7-15(8-10-17)26(32)33)19(30)5-3-13-29-25(31)22-14-16-4-1-2-6-21(16)35-22/h1-2,4,6,11-12,14-15,17H,3,5,7-10,13H2,(H,29,31)(H,32,33). The lowest BCUT2D eigenvalue weighted by Crippen LogP contribution is -2.28. The summed E-state index contributed by atoms with van der Waals surface area (Å²) in [4.78, 5) is 36.4. The Hall–Kier alpha value is -3.33. The van der Waals surface area contributed by atoms with E-state index in [1.165, 1.54) is 23.5 Å². The Labute approximate surface area is 204 Å². The Morgan fingerprint density at radius 3 is 2.49 bits per heavy atom. The zero-order valence-corrected chi connectivity index (χ0v) is 19.7. The Morgan fingerprint density at radius 1 is 1.03 bits per heavy atom. The number of rotatable bonds is 9. The van der Waals surface area contributed by atoms with E-state index in [-0.39, 0.29) is 36.6 Å². The fourth-order valence-corrected chi connectivity index (χ4v) is 5.19. The maximum Gasteiger partial charge on any atom is 0.306 e. The number of carbonyl (C=O) groups excluding carboxylic acids is 2. The molecule has 9 heteroatoms. The number of carboxylic acid groups (broad SMARTS) is 1. The number of hydrogen-bond acceptors (Lipinski definition) is 5. The Morgan fingerprint density at radius 2 is 1.77 bits per heavy atom. The highest BCUT2D eigenvalue weighted by Gasteiger charge is 2.28. The quantitative estimate of drug-likeness (QED) is 0.294. The molecule has 1 heterocycles. The first-order valence-corrected chi connectivity index (χ1v) is 12.3. The molecule has 4 rings (SSSR count). The van der Waals surface area contributed by atoms with Gasteiger partial charge in [0.1, 0.15) is 0 Å². The molecular formula is C26H25F2NO5S. The Kier molecular flexibility index (Phi) is 7.75. The minimum absolute atomic E-state index is 0.0531. The second-order valence-electron chi connectivity index (χ2n) is 8.60. The molecule has 1 saturated carbocycles. The maximum atomic E-state index is 14.6. The maximum absolute atomic E-state index is 14.6. The SMILES string of the molecule is O=C(NCCCC(=O)c1ccc(OC2CCC(C(=O)O)CC2)c(F)c1F)c1cc2ccccc2s1. The number of fused-ring (bicyclic) bond motifs is 1. The predicted molar refractivity (Wildman–Crippen MR) is 128 cm³/mol. The lowest BCUT2D eigenvalue weighted by molar-refractivity contribution is -0.143. The van der Waals surface area contributed by atoms with E-state index < -0.39 is 35.4 Å². The van der Waals surface area contributed by atoms with Crippen LogP contribution in [0.2, 0.25) is 0 Å². The van der Waals surface area contributed by atoms with Gasteiger partial charge in [0.15, 0.2) is 17.3 Å². The number of Topliss-reactive ketones (excluding diaryl/α,β-unsaturated/α-hetero) is 1. The van der Waals surface area contributed by atoms with Crippen molar-refractivity contribution in [2.24, 2.45) is 5.92 Å². The van der Waals surface area contributed by atoms with Crippen molar-refractivity contribution in [3.05, 3.63) is 64.5 Å². The average Bonchev–Trinajstić information content (AvgIpc) is 3.29. The minimum Gasteiger partial charge on any atom is -0.487 e. The molecule has 1 fully saturated rings. The zero-order valence-electron chi connectivity index (χ0n) is 18.9. The van der Waals surface area contributed by atoms with Gasteiger partial charge >= 0.3 is 5.97 Å². The number of halogens is 2. The van der Waals surface area contributed by atoms with E-state index in [0.717, 1.165) is 10.1 Å². The molecule has 0 bridgehead atoms. The van der Waals surface area contributed by atoms with Crippen LogP contribution in [0.3, 0.4) is 0 Å². The highest BCUT2D eigenvalue weighted by atomic mass is 32.1. The highest BCUT2D eigenvalue weighted by molar-refractivity contribution is 7.20. The van der Waals surface area contributed by atoms with Crippen molar-refractivity contribution in [1.82, 2.24) is 5.32 Å². The van der Waals surface area contributed by atoms with Gasteiger partial charge in [-0.3, -0.25) is 14.4 Å². The first-order chi connectivity index (χ1) is 16.8. The van der Waals surface area contributed by atoms with E-state index in [1.54, 1.807) is 6.07 Å². The van der Waals surface area contributed by atoms with Gasteiger partial charge in [0.25, 0.3) is 5.91 Å². The van der Waals surface area contributed by atoms with Crippen molar-refractivity contribution in [3.63, 3.8) is 0 Å². The molecule has 35 heavy (non-hydrogen) atoms. The third-order valence-corrected chi connectivity index (χ3v) is 7.29. The fraction of sp³-hybridized carbons (Fsp3) is 0.346. The van der Waals surface area contributed by atoms with Crippen molar-refractivity contribution >= 4 is 39.1 Å². The van der Waals surface area contributed by atoms with Crippen molar-refractivity contribution < 1.29 is 33.0 Å². The first-order valence-electron chi connectivity index (χ1n) is 11.5. The van der Waals surface area contributed by atoms with Crippen LogP contribution in [0.15, 0.2) is 42.5 Å². The predicted octanol–water partition coefficient (Wildman–Crippen LogP) is 5.59. The molecule has 0 spiro atoms. The summed E-state index contributed by atoms with van der Waals surface area (Å²) in [6, 6.07) is 11.9. The fourth-order valence-electron chi connectivity index (χ4n) is 4.21. The van der Waals surface area contributed by atoms with Crippen LogP contribution in [0.1, 0.15) is 58.6 Å². The molecule has 2 N–H and O–H groups in total. The number of ketones is 1. The molecule has 0 atom stereocenters. The highest BCUT2D eigenvalue weighted by Crippen LogP contribution is 2.31. The molecule has 1 amide bonds. The van der Waals surface area contributed by atoms with Crippen molar-refractivity contribution in [2.75, 3.05) is 6.54 Å². The Bertz CT molecular complexity index is 1220.